The number of hydrogen-bond donors (Lipinski definition) is 2. The first-order valence-electron chi connectivity index (χ1n) is 9.93. The molecule has 1 aromatic heterocycles. The largest absolute Gasteiger partial charge is 0.497 e. The summed E-state index contributed by atoms with van der Waals surface area (Å²) < 4.78 is 7.44. The van der Waals surface area contributed by atoms with Gasteiger partial charge in [-0.3, -0.25) is 0 Å². The van der Waals surface area contributed by atoms with E-state index < -0.39 is 0 Å². The summed E-state index contributed by atoms with van der Waals surface area (Å²) in [5, 5.41) is 15.9. The highest BCUT2D eigenvalue weighted by Gasteiger charge is 2.16. The predicted molar refractivity (Wildman–Crippen MR) is 119 cm³/mol. The first-order chi connectivity index (χ1) is 14.2. The van der Waals surface area contributed by atoms with Crippen molar-refractivity contribution in [3.05, 3.63) is 59.9 Å². The maximum atomic E-state index is 5.46. The molecule has 0 bridgehead atoms. The number of aromatic nitrogens is 3. The zero-order valence-corrected chi connectivity index (χ0v) is 17.3. The Morgan fingerprint density at radius 2 is 1.97 bits per heavy atom. The number of nitrogens with one attached hydrogen (secondary N) is 2. The molecule has 0 fully saturated rings. The third-order valence-electron chi connectivity index (χ3n) is 5.10. The van der Waals surface area contributed by atoms with Crippen molar-refractivity contribution in [3.8, 4) is 17.1 Å². The second-order valence-corrected chi connectivity index (χ2v) is 7.55. The lowest BCUT2D eigenvalue weighted by atomic mass is 10.2. The smallest absolute Gasteiger partial charge is 0.171 e. The number of fused-ring (bicyclic) bond motifs is 1. The highest BCUT2D eigenvalue weighted by Crippen LogP contribution is 2.24. The van der Waals surface area contributed by atoms with Gasteiger partial charge in [0.15, 0.2) is 10.9 Å². The maximum Gasteiger partial charge on any atom is 0.171 e. The van der Waals surface area contributed by atoms with Crippen molar-refractivity contribution >= 4 is 23.0 Å². The second kappa shape index (κ2) is 9.05. The van der Waals surface area contributed by atoms with Crippen LogP contribution >= 0.6 is 12.2 Å². The molecule has 2 aromatic carbocycles. The van der Waals surface area contributed by atoms with Crippen molar-refractivity contribution in [2.75, 3.05) is 12.4 Å². The minimum Gasteiger partial charge on any atom is -0.497 e. The lowest BCUT2D eigenvalue weighted by molar-refractivity contribution is 0.414. The summed E-state index contributed by atoms with van der Waals surface area (Å²) in [6.07, 6.45) is 4.62. The molecular formula is C22H25N5OS. The van der Waals surface area contributed by atoms with E-state index in [1.165, 1.54) is 19.3 Å². The molecule has 2 N–H and O–H groups in total. The molecular weight excluding hydrogens is 382 g/mol. The number of nitrogens with zero attached hydrogens (tertiary/aromatic N) is 3. The quantitative estimate of drug-likeness (QED) is 0.619. The SMILES string of the molecule is COc1ccc(CNC(=S)Nc2cccc(-c3nnc4n3CCCCC4)c2)cc1. The van der Waals surface area contributed by atoms with Crippen LogP contribution in [0.15, 0.2) is 48.5 Å². The zero-order valence-electron chi connectivity index (χ0n) is 16.5. The summed E-state index contributed by atoms with van der Waals surface area (Å²) in [4.78, 5) is 0. The average Bonchev–Trinajstić information content (AvgIpc) is 3.01. The van der Waals surface area contributed by atoms with E-state index in [1.54, 1.807) is 7.11 Å². The van der Waals surface area contributed by atoms with Crippen molar-refractivity contribution < 1.29 is 4.74 Å². The van der Waals surface area contributed by atoms with Gasteiger partial charge in [-0.25, -0.2) is 0 Å². The fourth-order valence-corrected chi connectivity index (χ4v) is 3.73. The minimum absolute atomic E-state index is 0.582. The van der Waals surface area contributed by atoms with Gasteiger partial charge < -0.3 is 19.9 Å². The Labute approximate surface area is 176 Å². The molecule has 0 saturated carbocycles. The Kier molecular flexibility index (Phi) is 6.05. The van der Waals surface area contributed by atoms with Crippen molar-refractivity contribution in [2.45, 2.75) is 38.8 Å². The number of methoxy groups -OCH3 is 1. The van der Waals surface area contributed by atoms with E-state index in [0.717, 1.165) is 47.2 Å². The number of benzene rings is 2. The van der Waals surface area contributed by atoms with Crippen LogP contribution in [0.3, 0.4) is 0 Å². The van der Waals surface area contributed by atoms with Crippen LogP contribution in [0.25, 0.3) is 11.4 Å². The van der Waals surface area contributed by atoms with Gasteiger partial charge in [-0.05, 0) is 54.9 Å². The van der Waals surface area contributed by atoms with Gasteiger partial charge in [0, 0.05) is 30.8 Å². The van der Waals surface area contributed by atoms with Crippen LogP contribution in [0, 0.1) is 0 Å². The third-order valence-corrected chi connectivity index (χ3v) is 5.35. The summed E-state index contributed by atoms with van der Waals surface area (Å²) in [7, 11) is 1.66. The number of hydrogen-bond acceptors (Lipinski definition) is 4. The van der Waals surface area contributed by atoms with E-state index in [-0.39, 0.29) is 0 Å². The molecule has 3 aromatic rings. The van der Waals surface area contributed by atoms with E-state index >= 15 is 0 Å². The van der Waals surface area contributed by atoms with Crippen LogP contribution in [0.5, 0.6) is 5.75 Å². The summed E-state index contributed by atoms with van der Waals surface area (Å²) in [5.41, 5.74) is 3.11. The van der Waals surface area contributed by atoms with Gasteiger partial charge in [0.25, 0.3) is 0 Å². The first-order valence-corrected chi connectivity index (χ1v) is 10.3. The molecule has 6 nitrogen and oxygen atoms in total. The molecule has 0 spiro atoms. The average molecular weight is 408 g/mol. The molecule has 1 aliphatic rings. The minimum atomic E-state index is 0.582. The number of rotatable bonds is 5. The van der Waals surface area contributed by atoms with Gasteiger partial charge in [-0.15, -0.1) is 10.2 Å². The van der Waals surface area contributed by atoms with Crippen LogP contribution < -0.4 is 15.4 Å². The second-order valence-electron chi connectivity index (χ2n) is 7.14. The molecule has 2 heterocycles. The zero-order chi connectivity index (χ0) is 20.1. The van der Waals surface area contributed by atoms with E-state index in [1.807, 2.05) is 36.4 Å². The number of aryl methyl sites for hydroxylation is 1. The molecule has 0 atom stereocenters. The molecule has 150 valence electrons. The van der Waals surface area contributed by atoms with Crippen molar-refractivity contribution in [1.82, 2.24) is 20.1 Å². The fraction of sp³-hybridized carbons (Fsp3) is 0.318. The van der Waals surface area contributed by atoms with Crippen molar-refractivity contribution in [1.29, 1.82) is 0 Å². The first kappa shape index (κ1) is 19.4. The molecule has 0 amide bonds. The summed E-state index contributed by atoms with van der Waals surface area (Å²) in [6, 6.07) is 16.1. The Morgan fingerprint density at radius 3 is 2.79 bits per heavy atom. The van der Waals surface area contributed by atoms with Crippen LogP contribution in [0.2, 0.25) is 0 Å². The molecule has 0 aliphatic carbocycles. The third kappa shape index (κ3) is 4.74. The maximum absolute atomic E-state index is 5.46. The van der Waals surface area contributed by atoms with Crippen LogP contribution in [-0.4, -0.2) is 27.0 Å². The monoisotopic (exact) mass is 407 g/mol. The molecule has 0 radical (unpaired) electrons. The van der Waals surface area contributed by atoms with Gasteiger partial charge in [-0.2, -0.15) is 0 Å². The Bertz CT molecular complexity index is 983. The topological polar surface area (TPSA) is 64.0 Å². The van der Waals surface area contributed by atoms with Gasteiger partial charge in [-0.1, -0.05) is 30.7 Å². The van der Waals surface area contributed by atoms with Crippen LogP contribution in [0.1, 0.15) is 30.7 Å². The number of thiocarbonyl (C=S) groups is 1. The molecule has 0 unspecified atom stereocenters. The molecule has 0 saturated heterocycles. The van der Waals surface area contributed by atoms with Gasteiger partial charge >= 0.3 is 0 Å². The Morgan fingerprint density at radius 1 is 1.10 bits per heavy atom. The number of ether oxygens (including phenoxy) is 1. The van der Waals surface area contributed by atoms with E-state index in [4.69, 9.17) is 17.0 Å². The highest BCUT2D eigenvalue weighted by molar-refractivity contribution is 7.80. The summed E-state index contributed by atoms with van der Waals surface area (Å²) in [6.45, 7) is 1.63. The van der Waals surface area contributed by atoms with Crippen molar-refractivity contribution in [2.24, 2.45) is 0 Å². The van der Waals surface area contributed by atoms with Gasteiger partial charge in [0.05, 0.1) is 7.11 Å². The normalized spacial score (nSPS) is 13.3. The van der Waals surface area contributed by atoms with Crippen LogP contribution in [-0.2, 0) is 19.5 Å². The Balaban J connectivity index is 1.41. The predicted octanol–water partition coefficient (Wildman–Crippen LogP) is 4.17. The summed E-state index contributed by atoms with van der Waals surface area (Å²) in [5.74, 6) is 2.87. The lowest BCUT2D eigenvalue weighted by Gasteiger charge is -2.12. The van der Waals surface area contributed by atoms with E-state index in [0.29, 0.717) is 11.7 Å². The van der Waals surface area contributed by atoms with Gasteiger partial charge in [0.1, 0.15) is 11.6 Å². The van der Waals surface area contributed by atoms with Crippen LogP contribution in [0.4, 0.5) is 5.69 Å². The standard InChI is InChI=1S/C22H25N5OS/c1-28-19-11-9-16(10-12-19)15-23-22(29)24-18-7-5-6-17(14-18)21-26-25-20-8-3-2-4-13-27(20)21/h5-7,9-12,14H,2-4,8,13,15H2,1H3,(H2,23,24,29). The van der Waals surface area contributed by atoms with Gasteiger partial charge in [0.2, 0.25) is 0 Å². The van der Waals surface area contributed by atoms with E-state index in [9.17, 15) is 0 Å². The molecule has 7 heteroatoms. The van der Waals surface area contributed by atoms with Crippen molar-refractivity contribution in [3.63, 3.8) is 0 Å². The lowest BCUT2D eigenvalue weighted by Crippen LogP contribution is -2.27. The fourth-order valence-electron chi connectivity index (χ4n) is 3.54. The number of anilines is 1. The highest BCUT2D eigenvalue weighted by atomic mass is 32.1. The molecule has 29 heavy (non-hydrogen) atoms. The Hall–Kier alpha value is -2.93. The molecule has 1 aliphatic heterocycles. The summed E-state index contributed by atoms with van der Waals surface area (Å²) >= 11 is 5.46. The molecule has 4 rings (SSSR count). The van der Waals surface area contributed by atoms with E-state index in [2.05, 4.69) is 37.5 Å².